The fourth-order valence-electron chi connectivity index (χ4n) is 4.01. The van der Waals surface area contributed by atoms with Crippen LogP contribution in [0.4, 0.5) is 25.2 Å². The van der Waals surface area contributed by atoms with E-state index in [1.807, 2.05) is 6.07 Å². The van der Waals surface area contributed by atoms with Gasteiger partial charge in [0.1, 0.15) is 36.2 Å². The van der Waals surface area contributed by atoms with Gasteiger partial charge in [0.25, 0.3) is 6.43 Å². The minimum Gasteiger partial charge on any atom is -0.489 e. The lowest BCUT2D eigenvalue weighted by molar-refractivity contribution is -0.110. The number of halogens is 2. The van der Waals surface area contributed by atoms with E-state index in [1.54, 1.807) is 0 Å². The maximum atomic E-state index is 13.9. The van der Waals surface area contributed by atoms with Crippen molar-refractivity contribution >= 4 is 17.7 Å². The number of amides is 2. The summed E-state index contributed by atoms with van der Waals surface area (Å²) >= 11 is 0. The second-order valence-corrected chi connectivity index (χ2v) is 7.52. The number of hydrogen-bond donors (Lipinski definition) is 1. The van der Waals surface area contributed by atoms with Gasteiger partial charge in [0.2, 0.25) is 17.9 Å². The summed E-state index contributed by atoms with van der Waals surface area (Å²) in [5.74, 6) is 0.485. The van der Waals surface area contributed by atoms with Gasteiger partial charge < -0.3 is 24.7 Å². The fraction of sp³-hybridized carbons (Fsp3) is 0.455. The third-order valence-electron chi connectivity index (χ3n) is 5.61. The number of nitrogens with zero attached hydrogens (tertiary/aromatic N) is 4. The van der Waals surface area contributed by atoms with Gasteiger partial charge in [-0.2, -0.15) is 10.2 Å². The minimum atomic E-state index is -2.84. The number of carbonyl (C=O) groups is 1. The molecule has 3 rings (SSSR count). The van der Waals surface area contributed by atoms with Crippen LogP contribution < -0.4 is 15.0 Å². The quantitative estimate of drug-likeness (QED) is 0.330. The molecular weight excluding hydrogens is 452 g/mol. The molecule has 0 saturated heterocycles. The predicted molar refractivity (Wildman–Crippen MR) is 117 cm³/mol. The third kappa shape index (κ3) is 4.55. The third-order valence-corrected chi connectivity index (χ3v) is 5.61. The van der Waals surface area contributed by atoms with Gasteiger partial charge in [-0.15, -0.1) is 4.48 Å². The van der Waals surface area contributed by atoms with E-state index >= 15 is 0 Å². The topological polar surface area (TPSA) is 130 Å². The van der Waals surface area contributed by atoms with E-state index in [4.69, 9.17) is 24.7 Å². The molecule has 3 heterocycles. The van der Waals surface area contributed by atoms with Crippen LogP contribution in [0.25, 0.3) is 0 Å². The monoisotopic (exact) mass is 478 g/mol. The number of alkyl halides is 2. The lowest BCUT2D eigenvalue weighted by Crippen LogP contribution is -2.56. The Morgan fingerprint density at radius 3 is 2.59 bits per heavy atom. The summed E-state index contributed by atoms with van der Waals surface area (Å²) in [6, 6.07) is 3.93. The fourth-order valence-corrected chi connectivity index (χ4v) is 4.01. The average molecular weight is 478 g/mol. The number of nitrogens with two attached hydrogens (primary N) is 1. The highest BCUT2D eigenvalue weighted by Crippen LogP contribution is 2.43. The number of pyridine rings is 2. The summed E-state index contributed by atoms with van der Waals surface area (Å²) in [4.78, 5) is 21.7. The molecular formula is C22H26F2N5O5+. The predicted octanol–water partition coefficient (Wildman–Crippen LogP) is 3.27. The van der Waals surface area contributed by atoms with Crippen molar-refractivity contribution in [2.45, 2.75) is 25.6 Å². The van der Waals surface area contributed by atoms with Gasteiger partial charge in [-0.1, -0.05) is 0 Å². The Kier molecular flexibility index (Phi) is 8.06. The second kappa shape index (κ2) is 10.8. The molecule has 1 atom stereocenters. The van der Waals surface area contributed by atoms with E-state index in [9.17, 15) is 18.8 Å². The number of methoxy groups -OCH3 is 3. The van der Waals surface area contributed by atoms with Crippen molar-refractivity contribution in [3.63, 3.8) is 0 Å². The van der Waals surface area contributed by atoms with Crippen LogP contribution in [0.3, 0.4) is 0 Å². The molecule has 0 saturated carbocycles. The van der Waals surface area contributed by atoms with E-state index in [0.29, 0.717) is 18.4 Å². The molecule has 10 nitrogen and oxygen atoms in total. The van der Waals surface area contributed by atoms with Crippen molar-refractivity contribution in [1.29, 1.82) is 5.26 Å². The number of rotatable bonds is 9. The molecule has 1 aliphatic rings. The Morgan fingerprint density at radius 1 is 1.26 bits per heavy atom. The van der Waals surface area contributed by atoms with Gasteiger partial charge in [-0.25, -0.2) is 18.6 Å². The Balaban J connectivity index is 2.25. The summed E-state index contributed by atoms with van der Waals surface area (Å²) in [6.07, 6.45) is -1.89. The smallest absolute Gasteiger partial charge is 0.426 e. The van der Waals surface area contributed by atoms with E-state index in [-0.39, 0.29) is 54.0 Å². The highest BCUT2D eigenvalue weighted by Gasteiger charge is 2.48. The Bertz CT molecular complexity index is 1090. The SMILES string of the molecule is COCCOc1cc([N+]2(C(N)=O)CCCc3cc(C(F)F)c(C(OC)OC)nc32)ncc1C#N. The molecule has 34 heavy (non-hydrogen) atoms. The number of nitriles is 1. The van der Waals surface area contributed by atoms with E-state index in [1.165, 1.54) is 39.7 Å². The molecule has 0 radical (unpaired) electrons. The zero-order chi connectivity index (χ0) is 24.9. The van der Waals surface area contributed by atoms with Crippen LogP contribution >= 0.6 is 0 Å². The first-order valence-corrected chi connectivity index (χ1v) is 10.4. The standard InChI is InChI=1S/C22H25F2N5O5/c1-31-7-8-34-16-10-17(27-12-14(16)11-25)29(22(26)30)6-4-5-13-9-15(19(23)24)18(28-20(13)29)21(32-2)33-3/h9-10,12,19,21H,4-8H2,1-3H3,(H-,26,30)/p+1. The highest BCUT2D eigenvalue weighted by atomic mass is 19.3. The van der Waals surface area contributed by atoms with Crippen LogP contribution in [0.2, 0.25) is 0 Å². The number of fused-ring (bicyclic) bond motifs is 1. The van der Waals surface area contributed by atoms with Crippen molar-refractivity contribution in [3.05, 3.63) is 40.7 Å². The maximum Gasteiger partial charge on any atom is 0.426 e. The van der Waals surface area contributed by atoms with Gasteiger partial charge in [0.05, 0.1) is 18.9 Å². The number of hydrogen-bond acceptors (Lipinski definition) is 8. The van der Waals surface area contributed by atoms with Gasteiger partial charge in [0, 0.05) is 38.9 Å². The van der Waals surface area contributed by atoms with Gasteiger partial charge >= 0.3 is 6.03 Å². The Labute approximate surface area is 195 Å². The minimum absolute atomic E-state index is 0.148. The van der Waals surface area contributed by atoms with E-state index in [0.717, 1.165) is 0 Å². The summed E-state index contributed by atoms with van der Waals surface area (Å²) in [6.45, 7) is 0.618. The molecule has 182 valence electrons. The summed E-state index contributed by atoms with van der Waals surface area (Å²) < 4.78 is 48.1. The number of ether oxygens (including phenoxy) is 4. The largest absolute Gasteiger partial charge is 0.489 e. The van der Waals surface area contributed by atoms with Crippen molar-refractivity contribution in [1.82, 2.24) is 14.5 Å². The zero-order valence-corrected chi connectivity index (χ0v) is 19.1. The molecule has 2 N–H and O–H groups in total. The van der Waals surface area contributed by atoms with Crippen LogP contribution in [0.5, 0.6) is 5.75 Å². The zero-order valence-electron chi connectivity index (χ0n) is 19.1. The molecule has 2 aromatic heterocycles. The number of aromatic nitrogens is 2. The maximum absolute atomic E-state index is 13.9. The number of primary amides is 1. The molecule has 0 fully saturated rings. The van der Waals surface area contributed by atoms with Crippen molar-refractivity contribution < 1.29 is 32.5 Å². The first kappa shape index (κ1) is 25.4. The summed E-state index contributed by atoms with van der Waals surface area (Å²) in [7, 11) is 4.10. The molecule has 0 aliphatic carbocycles. The van der Waals surface area contributed by atoms with Crippen molar-refractivity contribution in [2.75, 3.05) is 41.1 Å². The molecule has 2 aromatic rings. The van der Waals surface area contributed by atoms with Crippen molar-refractivity contribution in [3.8, 4) is 11.8 Å². The lowest BCUT2D eigenvalue weighted by atomic mass is 9.99. The van der Waals surface area contributed by atoms with E-state index < -0.39 is 23.2 Å². The molecule has 1 aliphatic heterocycles. The van der Waals surface area contributed by atoms with Crippen LogP contribution in [-0.4, -0.2) is 57.1 Å². The van der Waals surface area contributed by atoms with Gasteiger partial charge in [0.15, 0.2) is 0 Å². The highest BCUT2D eigenvalue weighted by molar-refractivity contribution is 5.92. The van der Waals surface area contributed by atoms with Crippen LogP contribution in [0.1, 0.15) is 41.5 Å². The Hall–Kier alpha value is -3.24. The number of aryl methyl sites for hydroxylation is 1. The first-order valence-electron chi connectivity index (χ1n) is 10.4. The normalized spacial score (nSPS) is 17.5. The number of quaternary nitrogens is 1. The van der Waals surface area contributed by atoms with Crippen LogP contribution in [0, 0.1) is 11.3 Å². The molecule has 12 heteroatoms. The van der Waals surface area contributed by atoms with Gasteiger partial charge in [-0.05, 0) is 12.5 Å². The molecule has 2 amide bonds. The molecule has 0 aromatic carbocycles. The lowest BCUT2D eigenvalue weighted by Gasteiger charge is -2.36. The number of carbonyl (C=O) groups excluding carboxylic acids is 1. The summed E-state index contributed by atoms with van der Waals surface area (Å²) in [5, 5.41) is 9.43. The van der Waals surface area contributed by atoms with Crippen molar-refractivity contribution in [2.24, 2.45) is 5.73 Å². The average Bonchev–Trinajstić information content (AvgIpc) is 2.83. The first-order chi connectivity index (χ1) is 16.3. The molecule has 0 bridgehead atoms. The van der Waals surface area contributed by atoms with Gasteiger partial charge in [-0.3, -0.25) is 0 Å². The Morgan fingerprint density at radius 2 is 2.00 bits per heavy atom. The number of urea groups is 1. The molecule has 1 unspecified atom stereocenters. The van der Waals surface area contributed by atoms with Crippen LogP contribution in [-0.2, 0) is 20.6 Å². The second-order valence-electron chi connectivity index (χ2n) is 7.52. The summed E-state index contributed by atoms with van der Waals surface area (Å²) in [5.41, 5.74) is 5.97. The van der Waals surface area contributed by atoms with E-state index in [2.05, 4.69) is 9.97 Å². The van der Waals surface area contributed by atoms with Crippen LogP contribution in [0.15, 0.2) is 18.3 Å². The molecule has 0 spiro atoms.